The third kappa shape index (κ3) is 7.83. The van der Waals surface area contributed by atoms with E-state index in [2.05, 4.69) is 22.2 Å². The average Bonchev–Trinajstić information content (AvgIpc) is 3.49. The molecule has 4 heterocycles. The molecule has 1 N–H and O–H groups in total. The summed E-state index contributed by atoms with van der Waals surface area (Å²) >= 11 is 0. The number of likely N-dealkylation sites (tertiary alicyclic amines) is 2. The molecule has 3 fully saturated rings. The van der Waals surface area contributed by atoms with Gasteiger partial charge in [-0.1, -0.05) is 36.4 Å². The van der Waals surface area contributed by atoms with Gasteiger partial charge < -0.3 is 29.7 Å². The summed E-state index contributed by atoms with van der Waals surface area (Å²) in [6, 6.07) is 12.7. The molecule has 0 aliphatic carbocycles. The van der Waals surface area contributed by atoms with Gasteiger partial charge >= 0.3 is 18.3 Å². The van der Waals surface area contributed by atoms with Crippen molar-refractivity contribution in [2.24, 2.45) is 0 Å². The first-order valence-corrected chi connectivity index (χ1v) is 16.5. The van der Waals surface area contributed by atoms with Crippen LogP contribution in [-0.2, 0) is 28.5 Å². The number of carbonyl (C=O) groups excluding carboxylic acids is 3. The summed E-state index contributed by atoms with van der Waals surface area (Å²) in [5.41, 5.74) is 1.34. The Morgan fingerprint density at radius 3 is 2.36 bits per heavy atom. The number of nitrogens with one attached hydrogen (secondary N) is 1. The van der Waals surface area contributed by atoms with Crippen LogP contribution in [0.15, 0.2) is 48.5 Å². The van der Waals surface area contributed by atoms with Crippen LogP contribution in [-0.4, -0.2) is 120 Å². The Morgan fingerprint density at radius 2 is 1.62 bits per heavy atom. The number of benzene rings is 2. The molecule has 2 aromatic carbocycles. The number of halogens is 3. The van der Waals surface area contributed by atoms with Gasteiger partial charge in [-0.05, 0) is 75.5 Å². The molecule has 6 rings (SSSR count). The van der Waals surface area contributed by atoms with Crippen molar-refractivity contribution in [3.05, 3.63) is 65.2 Å². The van der Waals surface area contributed by atoms with Crippen molar-refractivity contribution in [3.63, 3.8) is 0 Å². The molecular weight excluding hydrogens is 613 g/mol. The predicted octanol–water partition coefficient (Wildman–Crippen LogP) is 4.50. The summed E-state index contributed by atoms with van der Waals surface area (Å²) in [7, 11) is 2.09. The second kappa shape index (κ2) is 14.1. The monoisotopic (exact) mass is 656 g/mol. The summed E-state index contributed by atoms with van der Waals surface area (Å²) in [4.78, 5) is 50.0. The highest BCUT2D eigenvalue weighted by Crippen LogP contribution is 2.31. The molecule has 1 atom stereocenters. The van der Waals surface area contributed by atoms with Gasteiger partial charge in [0.1, 0.15) is 0 Å². The Morgan fingerprint density at radius 1 is 0.894 bits per heavy atom. The fraction of sp³-hybridized carbons (Fsp3) is 0.559. The summed E-state index contributed by atoms with van der Waals surface area (Å²) in [5, 5.41) is 2.99. The molecule has 13 heteroatoms. The molecule has 0 unspecified atom stereocenters. The number of fused-ring (bicyclic) bond motifs is 1. The predicted molar refractivity (Wildman–Crippen MR) is 170 cm³/mol. The van der Waals surface area contributed by atoms with Crippen molar-refractivity contribution < 1.29 is 32.3 Å². The van der Waals surface area contributed by atoms with Crippen LogP contribution in [0.1, 0.15) is 42.4 Å². The highest BCUT2D eigenvalue weighted by Gasteiger charge is 2.38. The number of hydrogen-bond donors (Lipinski definition) is 1. The first-order chi connectivity index (χ1) is 22.5. The van der Waals surface area contributed by atoms with E-state index >= 15 is 0 Å². The SMILES string of the molecule is CN1CCC(N2CCN(C(=O)[C@@H](Cc3cccc(C(F)(F)F)c3)OC(=O)N3CCC(N4CCc5ccccc5NC4=O)CC3)C2)CC1. The fourth-order valence-corrected chi connectivity index (χ4v) is 7.21. The highest BCUT2D eigenvalue weighted by atomic mass is 19.4. The Balaban J connectivity index is 1.10. The summed E-state index contributed by atoms with van der Waals surface area (Å²) in [5.74, 6) is -0.401. The van der Waals surface area contributed by atoms with Gasteiger partial charge in [-0.3, -0.25) is 9.69 Å². The van der Waals surface area contributed by atoms with E-state index in [4.69, 9.17) is 4.74 Å². The van der Waals surface area contributed by atoms with E-state index in [0.29, 0.717) is 58.3 Å². The minimum atomic E-state index is -4.53. The van der Waals surface area contributed by atoms with Crippen molar-refractivity contribution in [2.75, 3.05) is 64.8 Å². The highest BCUT2D eigenvalue weighted by molar-refractivity contribution is 5.91. The summed E-state index contributed by atoms with van der Waals surface area (Å²) < 4.78 is 46.3. The lowest BCUT2D eigenvalue weighted by atomic mass is 10.0. The van der Waals surface area contributed by atoms with Crippen LogP contribution in [0.2, 0.25) is 0 Å². The number of amides is 4. The van der Waals surface area contributed by atoms with E-state index < -0.39 is 29.8 Å². The van der Waals surface area contributed by atoms with Gasteiger partial charge in [-0.15, -0.1) is 0 Å². The first-order valence-electron chi connectivity index (χ1n) is 16.5. The Bertz CT molecular complexity index is 1440. The third-order valence-corrected chi connectivity index (χ3v) is 10.0. The second-order valence-corrected chi connectivity index (χ2v) is 13.1. The molecule has 0 spiro atoms. The van der Waals surface area contributed by atoms with Crippen molar-refractivity contribution in [1.29, 1.82) is 0 Å². The first kappa shape index (κ1) is 33.1. The Kier molecular flexibility index (Phi) is 9.93. The molecule has 4 amide bonds. The number of alkyl halides is 3. The minimum Gasteiger partial charge on any atom is -0.436 e. The van der Waals surface area contributed by atoms with Gasteiger partial charge in [0.15, 0.2) is 6.10 Å². The van der Waals surface area contributed by atoms with E-state index in [1.807, 2.05) is 29.2 Å². The summed E-state index contributed by atoms with van der Waals surface area (Å²) in [6.07, 6.45) is -2.82. The molecule has 10 nitrogen and oxygen atoms in total. The lowest BCUT2D eigenvalue weighted by Gasteiger charge is -2.38. The number of anilines is 1. The maximum atomic E-state index is 13.9. The Hall–Kier alpha value is -3.84. The molecule has 47 heavy (non-hydrogen) atoms. The van der Waals surface area contributed by atoms with Gasteiger partial charge in [0, 0.05) is 56.9 Å². The van der Waals surface area contributed by atoms with Gasteiger partial charge in [0.05, 0.1) is 12.2 Å². The molecule has 0 bridgehead atoms. The standard InChI is InChI=1S/C34H43F3N6O4/c1-39-14-10-27(11-15-39)41-19-20-42(23-41)31(44)30(22-24-5-4-7-26(21-24)34(35,36)37)47-33(46)40-16-12-28(13-17-40)43-18-9-25-6-2-3-8-29(25)38-32(43)45/h2-8,21,27-28,30H,9-20,22-23H2,1H3,(H,38,45)/t30-/m1/s1. The topological polar surface area (TPSA) is 88.7 Å². The zero-order chi connectivity index (χ0) is 33.1. The number of hydrogen-bond acceptors (Lipinski definition) is 6. The van der Waals surface area contributed by atoms with Gasteiger partial charge in [-0.25, -0.2) is 9.59 Å². The number of piperidine rings is 2. The van der Waals surface area contributed by atoms with Crippen LogP contribution in [0, 0.1) is 0 Å². The number of urea groups is 1. The lowest BCUT2D eigenvalue weighted by molar-refractivity contribution is -0.140. The van der Waals surface area contributed by atoms with Crippen molar-refractivity contribution >= 4 is 23.7 Å². The molecule has 4 aliphatic heterocycles. The molecule has 0 radical (unpaired) electrons. The van der Waals surface area contributed by atoms with Gasteiger partial charge in [0.25, 0.3) is 5.91 Å². The van der Waals surface area contributed by atoms with Crippen LogP contribution < -0.4 is 5.32 Å². The van der Waals surface area contributed by atoms with Crippen LogP contribution in [0.5, 0.6) is 0 Å². The van der Waals surface area contributed by atoms with E-state index in [9.17, 15) is 27.6 Å². The third-order valence-electron chi connectivity index (χ3n) is 10.0. The second-order valence-electron chi connectivity index (χ2n) is 13.1. The number of rotatable bonds is 6. The number of carbonyl (C=O) groups is 3. The van der Waals surface area contributed by atoms with Crippen molar-refractivity contribution in [2.45, 2.75) is 62.9 Å². The molecule has 3 saturated heterocycles. The maximum Gasteiger partial charge on any atom is 0.416 e. The number of para-hydroxylation sites is 1. The van der Waals surface area contributed by atoms with Gasteiger partial charge in [-0.2, -0.15) is 13.2 Å². The normalized spacial score (nSPS) is 21.3. The quantitative estimate of drug-likeness (QED) is 0.493. The number of ether oxygens (including phenoxy) is 1. The van der Waals surface area contributed by atoms with Crippen LogP contribution in [0.25, 0.3) is 0 Å². The zero-order valence-electron chi connectivity index (χ0n) is 26.8. The van der Waals surface area contributed by atoms with E-state index in [1.165, 1.54) is 17.0 Å². The maximum absolute atomic E-state index is 13.9. The average molecular weight is 657 g/mol. The van der Waals surface area contributed by atoms with E-state index in [0.717, 1.165) is 55.7 Å². The Labute approximate surface area is 273 Å². The lowest BCUT2D eigenvalue weighted by Crippen LogP contribution is -2.51. The molecule has 0 saturated carbocycles. The molecular formula is C34H43F3N6O4. The van der Waals surface area contributed by atoms with Crippen LogP contribution in [0.4, 0.5) is 28.4 Å². The van der Waals surface area contributed by atoms with Crippen molar-refractivity contribution in [1.82, 2.24) is 24.5 Å². The van der Waals surface area contributed by atoms with Crippen LogP contribution >= 0.6 is 0 Å². The number of nitrogens with zero attached hydrogens (tertiary/aromatic N) is 5. The zero-order valence-corrected chi connectivity index (χ0v) is 26.8. The molecule has 0 aromatic heterocycles. The molecule has 254 valence electrons. The minimum absolute atomic E-state index is 0.0638. The smallest absolute Gasteiger partial charge is 0.416 e. The van der Waals surface area contributed by atoms with Crippen LogP contribution in [0.3, 0.4) is 0 Å². The van der Waals surface area contributed by atoms with E-state index in [1.54, 1.807) is 4.90 Å². The fourth-order valence-electron chi connectivity index (χ4n) is 7.21. The van der Waals surface area contributed by atoms with Gasteiger partial charge in [0.2, 0.25) is 0 Å². The largest absolute Gasteiger partial charge is 0.436 e. The molecule has 2 aromatic rings. The summed E-state index contributed by atoms with van der Waals surface area (Å²) in [6.45, 7) is 4.76. The molecule has 4 aliphatic rings. The van der Waals surface area contributed by atoms with Crippen molar-refractivity contribution in [3.8, 4) is 0 Å². The van der Waals surface area contributed by atoms with E-state index in [-0.39, 0.29) is 24.1 Å².